The van der Waals surface area contributed by atoms with Crippen LogP contribution in [0.2, 0.25) is 0 Å². The first-order chi connectivity index (χ1) is 10.8. The molecule has 0 saturated carbocycles. The molecule has 0 unspecified atom stereocenters. The Morgan fingerprint density at radius 3 is 2.39 bits per heavy atom. The number of carbonyl (C=O) groups is 3. The number of nitrogens with one attached hydrogen (secondary N) is 2. The van der Waals surface area contributed by atoms with Gasteiger partial charge in [-0.1, -0.05) is 44.2 Å². The van der Waals surface area contributed by atoms with Crippen molar-refractivity contribution in [3.8, 4) is 0 Å². The van der Waals surface area contributed by atoms with Gasteiger partial charge in [0.15, 0.2) is 0 Å². The molecule has 4 amide bonds. The van der Waals surface area contributed by atoms with Crippen LogP contribution in [0.5, 0.6) is 0 Å². The Balaban J connectivity index is 2.12. The summed E-state index contributed by atoms with van der Waals surface area (Å²) in [5, 5.41) is 5.49. The summed E-state index contributed by atoms with van der Waals surface area (Å²) >= 11 is 0. The van der Waals surface area contributed by atoms with E-state index in [2.05, 4.69) is 10.6 Å². The van der Waals surface area contributed by atoms with E-state index in [0.29, 0.717) is 5.56 Å². The minimum absolute atomic E-state index is 0.0243. The molecule has 1 aromatic rings. The zero-order valence-corrected chi connectivity index (χ0v) is 13.9. The lowest BCUT2D eigenvalue weighted by Gasteiger charge is -2.22. The van der Waals surface area contributed by atoms with Gasteiger partial charge >= 0.3 is 6.03 Å². The Hall–Kier alpha value is -2.37. The summed E-state index contributed by atoms with van der Waals surface area (Å²) in [5.74, 6) is -0.482. The molecule has 6 nitrogen and oxygen atoms in total. The van der Waals surface area contributed by atoms with Crippen LogP contribution in [0.4, 0.5) is 4.79 Å². The molecule has 1 aliphatic heterocycles. The second kappa shape index (κ2) is 6.40. The third-order valence-corrected chi connectivity index (χ3v) is 4.32. The molecule has 0 aromatic heterocycles. The third-order valence-electron chi connectivity index (χ3n) is 4.32. The van der Waals surface area contributed by atoms with Crippen molar-refractivity contribution in [2.45, 2.75) is 39.3 Å². The molecule has 1 heterocycles. The quantitative estimate of drug-likeness (QED) is 0.810. The van der Waals surface area contributed by atoms with Gasteiger partial charge in [0.1, 0.15) is 12.1 Å². The summed E-state index contributed by atoms with van der Waals surface area (Å²) < 4.78 is 0. The average molecular weight is 317 g/mol. The SMILES string of the molecule is CC(C)[C@@H](C)NC(=O)CN1C(=O)N[C@@](C)(c2ccccc2)C1=O. The van der Waals surface area contributed by atoms with Gasteiger partial charge < -0.3 is 10.6 Å². The van der Waals surface area contributed by atoms with Gasteiger partial charge in [-0.25, -0.2) is 4.79 Å². The molecule has 124 valence electrons. The number of benzene rings is 1. The number of hydrogen-bond acceptors (Lipinski definition) is 3. The summed E-state index contributed by atoms with van der Waals surface area (Å²) in [6, 6.07) is 8.44. The zero-order chi connectivity index (χ0) is 17.2. The molecule has 2 N–H and O–H groups in total. The second-order valence-corrected chi connectivity index (χ2v) is 6.41. The highest BCUT2D eigenvalue weighted by Gasteiger charge is 2.49. The Kier molecular flexibility index (Phi) is 4.73. The van der Waals surface area contributed by atoms with E-state index in [1.54, 1.807) is 31.2 Å². The van der Waals surface area contributed by atoms with Crippen molar-refractivity contribution in [3.63, 3.8) is 0 Å². The largest absolute Gasteiger partial charge is 0.352 e. The number of urea groups is 1. The minimum atomic E-state index is -1.14. The Morgan fingerprint density at radius 1 is 1.22 bits per heavy atom. The van der Waals surface area contributed by atoms with E-state index in [1.807, 2.05) is 26.8 Å². The standard InChI is InChI=1S/C17H23N3O3/c1-11(2)12(3)18-14(21)10-20-15(22)17(4,19-16(20)23)13-8-6-5-7-9-13/h5-9,11-12H,10H2,1-4H3,(H,18,21)(H,19,23)/t12-,17+/m1/s1. The van der Waals surface area contributed by atoms with Crippen LogP contribution in [0.25, 0.3) is 0 Å². The van der Waals surface area contributed by atoms with E-state index in [9.17, 15) is 14.4 Å². The van der Waals surface area contributed by atoms with Gasteiger partial charge in [-0.05, 0) is 25.3 Å². The fourth-order valence-electron chi connectivity index (χ4n) is 2.42. The van der Waals surface area contributed by atoms with Crippen molar-refractivity contribution in [2.24, 2.45) is 5.92 Å². The van der Waals surface area contributed by atoms with Crippen molar-refractivity contribution >= 4 is 17.8 Å². The van der Waals surface area contributed by atoms with Gasteiger partial charge in [0.25, 0.3) is 5.91 Å². The van der Waals surface area contributed by atoms with Gasteiger partial charge in [0.2, 0.25) is 5.91 Å². The highest BCUT2D eigenvalue weighted by molar-refractivity contribution is 6.09. The van der Waals surface area contributed by atoms with E-state index in [0.717, 1.165) is 4.90 Å². The normalized spacial score (nSPS) is 22.2. The molecule has 6 heteroatoms. The van der Waals surface area contributed by atoms with Gasteiger partial charge in [-0.2, -0.15) is 0 Å². The first-order valence-corrected chi connectivity index (χ1v) is 7.74. The Labute approximate surface area is 136 Å². The van der Waals surface area contributed by atoms with Crippen molar-refractivity contribution in [1.29, 1.82) is 0 Å². The Morgan fingerprint density at radius 2 is 1.83 bits per heavy atom. The van der Waals surface area contributed by atoms with Crippen molar-refractivity contribution in [1.82, 2.24) is 15.5 Å². The maximum absolute atomic E-state index is 12.7. The highest BCUT2D eigenvalue weighted by Crippen LogP contribution is 2.28. The lowest BCUT2D eigenvalue weighted by molar-refractivity contribution is -0.135. The summed E-state index contributed by atoms with van der Waals surface area (Å²) in [6.07, 6.45) is 0. The second-order valence-electron chi connectivity index (χ2n) is 6.41. The molecule has 1 saturated heterocycles. The molecular weight excluding hydrogens is 294 g/mol. The molecule has 2 atom stereocenters. The predicted octanol–water partition coefficient (Wildman–Crippen LogP) is 1.61. The van der Waals surface area contributed by atoms with E-state index in [-0.39, 0.29) is 24.4 Å². The molecule has 0 aliphatic carbocycles. The molecular formula is C17H23N3O3. The first kappa shape index (κ1) is 17.0. The van der Waals surface area contributed by atoms with Crippen LogP contribution in [0.3, 0.4) is 0 Å². The number of rotatable bonds is 5. The van der Waals surface area contributed by atoms with E-state index >= 15 is 0 Å². The maximum Gasteiger partial charge on any atom is 0.325 e. The Bertz CT molecular complexity index is 615. The van der Waals surface area contributed by atoms with E-state index in [1.165, 1.54) is 0 Å². The predicted molar refractivity (Wildman–Crippen MR) is 86.5 cm³/mol. The highest BCUT2D eigenvalue weighted by atomic mass is 16.2. The molecule has 1 fully saturated rings. The molecule has 2 rings (SSSR count). The molecule has 1 aliphatic rings. The summed E-state index contributed by atoms with van der Waals surface area (Å²) in [7, 11) is 0. The van der Waals surface area contributed by atoms with Crippen LogP contribution in [-0.4, -0.2) is 35.3 Å². The van der Waals surface area contributed by atoms with Crippen molar-refractivity contribution in [2.75, 3.05) is 6.54 Å². The van der Waals surface area contributed by atoms with Crippen LogP contribution in [0.1, 0.15) is 33.3 Å². The fraction of sp³-hybridized carbons (Fsp3) is 0.471. The number of amides is 4. The summed E-state index contributed by atoms with van der Waals surface area (Å²) in [6.45, 7) is 7.25. The summed E-state index contributed by atoms with van der Waals surface area (Å²) in [4.78, 5) is 37.8. The number of carbonyl (C=O) groups excluding carboxylic acids is 3. The van der Waals surface area contributed by atoms with Crippen molar-refractivity contribution < 1.29 is 14.4 Å². The first-order valence-electron chi connectivity index (χ1n) is 7.74. The van der Waals surface area contributed by atoms with Crippen LogP contribution in [-0.2, 0) is 15.1 Å². The van der Waals surface area contributed by atoms with Crippen LogP contribution < -0.4 is 10.6 Å². The van der Waals surface area contributed by atoms with Crippen LogP contribution in [0, 0.1) is 5.92 Å². The lowest BCUT2D eigenvalue weighted by Crippen LogP contribution is -2.45. The van der Waals surface area contributed by atoms with Crippen LogP contribution in [0.15, 0.2) is 30.3 Å². The zero-order valence-electron chi connectivity index (χ0n) is 13.9. The molecule has 1 aromatic carbocycles. The minimum Gasteiger partial charge on any atom is -0.352 e. The topological polar surface area (TPSA) is 78.5 Å². The number of nitrogens with zero attached hydrogens (tertiary/aromatic N) is 1. The molecule has 0 spiro atoms. The monoisotopic (exact) mass is 317 g/mol. The fourth-order valence-corrected chi connectivity index (χ4v) is 2.42. The van der Waals surface area contributed by atoms with Crippen LogP contribution >= 0.6 is 0 Å². The molecule has 23 heavy (non-hydrogen) atoms. The smallest absolute Gasteiger partial charge is 0.325 e. The van der Waals surface area contributed by atoms with E-state index in [4.69, 9.17) is 0 Å². The molecule has 0 radical (unpaired) electrons. The van der Waals surface area contributed by atoms with E-state index < -0.39 is 17.5 Å². The van der Waals surface area contributed by atoms with Gasteiger partial charge in [-0.15, -0.1) is 0 Å². The van der Waals surface area contributed by atoms with Gasteiger partial charge in [-0.3, -0.25) is 14.5 Å². The number of hydrogen-bond donors (Lipinski definition) is 2. The van der Waals surface area contributed by atoms with Gasteiger partial charge in [0, 0.05) is 6.04 Å². The third kappa shape index (κ3) is 3.36. The lowest BCUT2D eigenvalue weighted by atomic mass is 9.92. The average Bonchev–Trinajstić information content (AvgIpc) is 2.72. The molecule has 0 bridgehead atoms. The maximum atomic E-state index is 12.7. The van der Waals surface area contributed by atoms with Gasteiger partial charge in [0.05, 0.1) is 0 Å². The number of imide groups is 1. The van der Waals surface area contributed by atoms with Crippen molar-refractivity contribution in [3.05, 3.63) is 35.9 Å². The summed E-state index contributed by atoms with van der Waals surface area (Å²) in [5.41, 5.74) is -0.445.